The van der Waals surface area contributed by atoms with Crippen LogP contribution in [0.15, 0.2) is 22.7 Å². The number of rotatable bonds is 7. The lowest BCUT2D eigenvalue weighted by Gasteiger charge is -2.20. The molecule has 0 aliphatic carbocycles. The number of benzene rings is 1. The second-order valence-electron chi connectivity index (χ2n) is 4.14. The largest absolute Gasteiger partial charge is 0.496 e. The molecule has 1 rings (SSSR count). The summed E-state index contributed by atoms with van der Waals surface area (Å²) in [6, 6.07) is 6.65. The van der Waals surface area contributed by atoms with Gasteiger partial charge in [-0.15, -0.1) is 0 Å². The Kier molecular flexibility index (Phi) is 6.60. The third-order valence-corrected chi connectivity index (χ3v) is 3.36. The molecule has 3 heteroatoms. The molecule has 0 amide bonds. The molecular formula is C14H22BrNO. The van der Waals surface area contributed by atoms with Gasteiger partial charge in [0.15, 0.2) is 0 Å². The Hall–Kier alpha value is -0.540. The molecule has 17 heavy (non-hydrogen) atoms. The quantitative estimate of drug-likeness (QED) is 0.810. The molecule has 0 aliphatic rings. The van der Waals surface area contributed by atoms with Gasteiger partial charge in [-0.05, 0) is 25.1 Å². The average molecular weight is 300 g/mol. The van der Waals surface area contributed by atoms with Gasteiger partial charge in [-0.25, -0.2) is 0 Å². The van der Waals surface area contributed by atoms with E-state index in [1.54, 1.807) is 7.11 Å². The molecule has 0 saturated heterocycles. The van der Waals surface area contributed by atoms with Gasteiger partial charge in [-0.3, -0.25) is 0 Å². The molecule has 0 radical (unpaired) electrons. The van der Waals surface area contributed by atoms with Gasteiger partial charge in [0.05, 0.1) is 7.11 Å². The molecular weight excluding hydrogens is 278 g/mol. The van der Waals surface area contributed by atoms with Crippen molar-refractivity contribution >= 4 is 15.9 Å². The van der Waals surface area contributed by atoms with Crippen LogP contribution in [0.2, 0.25) is 0 Å². The van der Waals surface area contributed by atoms with Crippen LogP contribution in [0.25, 0.3) is 0 Å². The van der Waals surface area contributed by atoms with Crippen molar-refractivity contribution in [2.75, 3.05) is 13.7 Å². The van der Waals surface area contributed by atoms with E-state index >= 15 is 0 Å². The van der Waals surface area contributed by atoms with Crippen LogP contribution in [-0.4, -0.2) is 13.7 Å². The van der Waals surface area contributed by atoms with Crippen molar-refractivity contribution in [3.05, 3.63) is 28.2 Å². The molecule has 1 atom stereocenters. The van der Waals surface area contributed by atoms with Gasteiger partial charge >= 0.3 is 0 Å². The van der Waals surface area contributed by atoms with Crippen LogP contribution in [0.4, 0.5) is 0 Å². The summed E-state index contributed by atoms with van der Waals surface area (Å²) in [4.78, 5) is 0. The van der Waals surface area contributed by atoms with Crippen molar-refractivity contribution in [1.82, 2.24) is 5.32 Å². The predicted octanol–water partition coefficient (Wildman–Crippen LogP) is 4.30. The standard InChI is InChI=1S/C14H22BrNO/c1-4-6-7-13(16-5-2)12-9-8-11(15)10-14(12)17-3/h8-10,13,16H,4-7H2,1-3H3. The van der Waals surface area contributed by atoms with Crippen molar-refractivity contribution in [2.45, 2.75) is 39.2 Å². The number of nitrogens with one attached hydrogen (secondary N) is 1. The van der Waals surface area contributed by atoms with E-state index in [1.807, 2.05) is 6.07 Å². The molecule has 1 unspecified atom stereocenters. The SMILES string of the molecule is CCCCC(NCC)c1ccc(Br)cc1OC. The van der Waals surface area contributed by atoms with E-state index in [1.165, 1.54) is 18.4 Å². The highest BCUT2D eigenvalue weighted by molar-refractivity contribution is 9.10. The molecule has 1 N–H and O–H groups in total. The highest BCUT2D eigenvalue weighted by Crippen LogP contribution is 2.31. The van der Waals surface area contributed by atoms with Crippen molar-refractivity contribution in [3.8, 4) is 5.75 Å². The van der Waals surface area contributed by atoms with Gasteiger partial charge in [0, 0.05) is 16.1 Å². The fourth-order valence-corrected chi connectivity index (χ4v) is 2.34. The zero-order valence-electron chi connectivity index (χ0n) is 10.9. The fraction of sp³-hybridized carbons (Fsp3) is 0.571. The normalized spacial score (nSPS) is 12.5. The van der Waals surface area contributed by atoms with Crippen LogP contribution >= 0.6 is 15.9 Å². The summed E-state index contributed by atoms with van der Waals surface area (Å²) in [5.74, 6) is 0.960. The zero-order chi connectivity index (χ0) is 12.7. The van der Waals surface area contributed by atoms with Crippen molar-refractivity contribution < 1.29 is 4.74 Å². The van der Waals surface area contributed by atoms with Crippen molar-refractivity contribution in [3.63, 3.8) is 0 Å². The van der Waals surface area contributed by atoms with Gasteiger partial charge < -0.3 is 10.1 Å². The van der Waals surface area contributed by atoms with Crippen molar-refractivity contribution in [1.29, 1.82) is 0 Å². The van der Waals surface area contributed by atoms with Crippen LogP contribution in [0, 0.1) is 0 Å². The summed E-state index contributed by atoms with van der Waals surface area (Å²) in [6.45, 7) is 5.35. The first-order valence-electron chi connectivity index (χ1n) is 6.29. The van der Waals surface area contributed by atoms with E-state index in [0.29, 0.717) is 6.04 Å². The van der Waals surface area contributed by atoms with E-state index in [9.17, 15) is 0 Å². The minimum atomic E-state index is 0.392. The summed E-state index contributed by atoms with van der Waals surface area (Å²) in [5.41, 5.74) is 1.26. The van der Waals surface area contributed by atoms with Gasteiger partial charge in [0.1, 0.15) is 5.75 Å². The lowest BCUT2D eigenvalue weighted by atomic mass is 10.00. The molecule has 1 aromatic rings. The Labute approximate surface area is 113 Å². The van der Waals surface area contributed by atoms with E-state index in [4.69, 9.17) is 4.74 Å². The lowest BCUT2D eigenvalue weighted by molar-refractivity contribution is 0.394. The summed E-state index contributed by atoms with van der Waals surface area (Å²) < 4.78 is 6.52. The predicted molar refractivity (Wildman–Crippen MR) is 76.6 cm³/mol. The summed E-state index contributed by atoms with van der Waals surface area (Å²) in [5, 5.41) is 3.53. The molecule has 96 valence electrons. The highest BCUT2D eigenvalue weighted by atomic mass is 79.9. The maximum absolute atomic E-state index is 5.46. The van der Waals surface area contributed by atoms with Crippen molar-refractivity contribution in [2.24, 2.45) is 0 Å². The molecule has 0 aromatic heterocycles. The first kappa shape index (κ1) is 14.5. The van der Waals surface area contributed by atoms with E-state index < -0.39 is 0 Å². The molecule has 0 bridgehead atoms. The number of methoxy groups -OCH3 is 1. The lowest BCUT2D eigenvalue weighted by Crippen LogP contribution is -2.21. The second kappa shape index (κ2) is 7.72. The highest BCUT2D eigenvalue weighted by Gasteiger charge is 2.14. The molecule has 0 heterocycles. The number of ether oxygens (including phenoxy) is 1. The first-order valence-corrected chi connectivity index (χ1v) is 7.09. The second-order valence-corrected chi connectivity index (χ2v) is 5.05. The van der Waals surface area contributed by atoms with E-state index in [0.717, 1.165) is 23.2 Å². The van der Waals surface area contributed by atoms with Gasteiger partial charge in [0.2, 0.25) is 0 Å². The Balaban J connectivity index is 2.91. The Bertz CT molecular complexity index is 341. The number of hydrogen-bond donors (Lipinski definition) is 1. The first-order chi connectivity index (χ1) is 8.22. The summed E-state index contributed by atoms with van der Waals surface area (Å²) in [7, 11) is 1.73. The maximum Gasteiger partial charge on any atom is 0.124 e. The monoisotopic (exact) mass is 299 g/mol. The Morgan fingerprint density at radius 1 is 1.35 bits per heavy atom. The molecule has 2 nitrogen and oxygen atoms in total. The average Bonchev–Trinajstić information content (AvgIpc) is 2.34. The Morgan fingerprint density at radius 2 is 2.12 bits per heavy atom. The van der Waals surface area contributed by atoms with Crippen LogP contribution in [0.1, 0.15) is 44.7 Å². The minimum absolute atomic E-state index is 0.392. The van der Waals surface area contributed by atoms with Gasteiger partial charge in [-0.1, -0.05) is 48.7 Å². The topological polar surface area (TPSA) is 21.3 Å². The van der Waals surface area contributed by atoms with E-state index in [-0.39, 0.29) is 0 Å². The third kappa shape index (κ3) is 4.32. The van der Waals surface area contributed by atoms with Crippen LogP contribution in [0.3, 0.4) is 0 Å². The molecule has 0 spiro atoms. The summed E-state index contributed by atoms with van der Waals surface area (Å²) >= 11 is 3.48. The maximum atomic E-state index is 5.46. The molecule has 1 aromatic carbocycles. The molecule has 0 saturated carbocycles. The van der Waals surface area contributed by atoms with Gasteiger partial charge in [0.25, 0.3) is 0 Å². The van der Waals surface area contributed by atoms with Gasteiger partial charge in [-0.2, -0.15) is 0 Å². The minimum Gasteiger partial charge on any atom is -0.496 e. The number of hydrogen-bond acceptors (Lipinski definition) is 2. The molecule has 0 aliphatic heterocycles. The van der Waals surface area contributed by atoms with Crippen LogP contribution in [-0.2, 0) is 0 Å². The smallest absolute Gasteiger partial charge is 0.124 e. The van der Waals surface area contributed by atoms with E-state index in [2.05, 4.69) is 47.2 Å². The fourth-order valence-electron chi connectivity index (χ4n) is 2.00. The van der Waals surface area contributed by atoms with Crippen LogP contribution in [0.5, 0.6) is 5.75 Å². The zero-order valence-corrected chi connectivity index (χ0v) is 12.5. The summed E-state index contributed by atoms with van der Waals surface area (Å²) in [6.07, 6.45) is 3.61. The Morgan fingerprint density at radius 3 is 2.71 bits per heavy atom. The van der Waals surface area contributed by atoms with Crippen LogP contribution < -0.4 is 10.1 Å². The number of halogens is 1. The molecule has 0 fully saturated rings. The third-order valence-electron chi connectivity index (χ3n) is 2.87. The number of unbranched alkanes of at least 4 members (excludes halogenated alkanes) is 1.